The number of amides is 1. The lowest BCUT2D eigenvalue weighted by atomic mass is 9.94. The van der Waals surface area contributed by atoms with Gasteiger partial charge in [0.15, 0.2) is 0 Å². The van der Waals surface area contributed by atoms with Crippen LogP contribution in [0.25, 0.3) is 0 Å². The Morgan fingerprint density at radius 3 is 2.12 bits per heavy atom. The molecule has 124 valence electrons. The second-order valence-electron chi connectivity index (χ2n) is 6.62. The molecule has 1 saturated carbocycles. The Morgan fingerprint density at radius 1 is 1.08 bits per heavy atom. The number of nitro groups is 1. The summed E-state index contributed by atoms with van der Waals surface area (Å²) in [6, 6.07) is 14.2. The van der Waals surface area contributed by atoms with Gasteiger partial charge in [-0.3, -0.25) is 14.9 Å². The summed E-state index contributed by atoms with van der Waals surface area (Å²) < 4.78 is 0. The molecule has 1 amide bonds. The van der Waals surface area contributed by atoms with Crippen LogP contribution in [0.1, 0.15) is 43.7 Å². The van der Waals surface area contributed by atoms with Crippen LogP contribution in [0, 0.1) is 10.1 Å². The molecular formula is C19H20N2O3. The largest absolute Gasteiger partial charge is 0.325 e. The maximum Gasteiger partial charge on any atom is 0.269 e. The Bertz CT molecular complexity index is 760. The van der Waals surface area contributed by atoms with Crippen LogP contribution >= 0.6 is 0 Å². The molecular weight excluding hydrogens is 304 g/mol. The van der Waals surface area contributed by atoms with Gasteiger partial charge in [-0.05, 0) is 42.0 Å². The molecule has 1 aliphatic rings. The lowest BCUT2D eigenvalue weighted by molar-refractivity contribution is -0.384. The molecule has 0 unspecified atom stereocenters. The van der Waals surface area contributed by atoms with Gasteiger partial charge in [0.2, 0.25) is 5.91 Å². The number of nitrogens with zero attached hydrogens (tertiary/aromatic N) is 1. The molecule has 5 nitrogen and oxygen atoms in total. The van der Waals surface area contributed by atoms with E-state index >= 15 is 0 Å². The molecule has 3 rings (SSSR count). The average molecular weight is 324 g/mol. The van der Waals surface area contributed by atoms with E-state index in [1.54, 1.807) is 12.1 Å². The van der Waals surface area contributed by atoms with Gasteiger partial charge >= 0.3 is 0 Å². The Morgan fingerprint density at radius 2 is 1.67 bits per heavy atom. The third kappa shape index (κ3) is 3.02. The van der Waals surface area contributed by atoms with Gasteiger partial charge in [-0.2, -0.15) is 0 Å². The van der Waals surface area contributed by atoms with Gasteiger partial charge in [0.1, 0.15) is 0 Å². The first-order chi connectivity index (χ1) is 11.4. The minimum absolute atomic E-state index is 0.0410. The van der Waals surface area contributed by atoms with Crippen LogP contribution in [0.15, 0.2) is 48.5 Å². The van der Waals surface area contributed by atoms with Crippen LogP contribution < -0.4 is 5.32 Å². The molecule has 0 bridgehead atoms. The molecule has 0 saturated heterocycles. The van der Waals surface area contributed by atoms with E-state index in [9.17, 15) is 14.9 Å². The third-order valence-corrected chi connectivity index (χ3v) is 4.65. The van der Waals surface area contributed by atoms with E-state index in [-0.39, 0.29) is 11.6 Å². The number of non-ortho nitro benzene ring substituents is 1. The predicted octanol–water partition coefficient (Wildman–Crippen LogP) is 4.39. The molecule has 0 atom stereocenters. The number of benzene rings is 2. The monoisotopic (exact) mass is 324 g/mol. The van der Waals surface area contributed by atoms with Crippen LogP contribution in [0.2, 0.25) is 0 Å². The average Bonchev–Trinajstić information content (AvgIpc) is 3.37. The van der Waals surface area contributed by atoms with Crippen LogP contribution in [0.5, 0.6) is 0 Å². The smallest absolute Gasteiger partial charge is 0.269 e. The van der Waals surface area contributed by atoms with E-state index in [0.717, 1.165) is 24.1 Å². The van der Waals surface area contributed by atoms with Crippen molar-refractivity contribution in [3.63, 3.8) is 0 Å². The van der Waals surface area contributed by atoms with E-state index in [2.05, 4.69) is 19.2 Å². The molecule has 2 aromatic carbocycles. The highest BCUT2D eigenvalue weighted by atomic mass is 16.6. The molecule has 0 spiro atoms. The van der Waals surface area contributed by atoms with Crippen LogP contribution in [0.3, 0.4) is 0 Å². The van der Waals surface area contributed by atoms with Gasteiger partial charge in [0.25, 0.3) is 5.69 Å². The maximum atomic E-state index is 12.7. The number of carbonyl (C=O) groups is 1. The lowest BCUT2D eigenvalue weighted by Gasteiger charge is -2.16. The summed E-state index contributed by atoms with van der Waals surface area (Å²) in [4.78, 5) is 23.0. The number of hydrogen-bond donors (Lipinski definition) is 1. The van der Waals surface area contributed by atoms with Crippen molar-refractivity contribution in [2.45, 2.75) is 38.0 Å². The van der Waals surface area contributed by atoms with Crippen LogP contribution in [0.4, 0.5) is 11.4 Å². The van der Waals surface area contributed by atoms with Crippen molar-refractivity contribution in [3.8, 4) is 0 Å². The van der Waals surface area contributed by atoms with Gasteiger partial charge in [-0.15, -0.1) is 0 Å². The summed E-state index contributed by atoms with van der Waals surface area (Å²) in [6.07, 6.45) is 1.53. The fourth-order valence-corrected chi connectivity index (χ4v) is 2.88. The predicted molar refractivity (Wildman–Crippen MR) is 93.2 cm³/mol. The van der Waals surface area contributed by atoms with Crippen molar-refractivity contribution >= 4 is 17.3 Å². The number of nitrogens with one attached hydrogen (secondary N) is 1. The molecule has 1 aliphatic carbocycles. The number of hydrogen-bond acceptors (Lipinski definition) is 3. The zero-order valence-electron chi connectivity index (χ0n) is 13.8. The van der Waals surface area contributed by atoms with Crippen molar-refractivity contribution in [2.24, 2.45) is 0 Å². The molecule has 5 heteroatoms. The molecule has 24 heavy (non-hydrogen) atoms. The maximum absolute atomic E-state index is 12.7. The number of nitro benzene ring substituents is 1. The Kier molecular flexibility index (Phi) is 4.09. The summed E-state index contributed by atoms with van der Waals surface area (Å²) in [5.74, 6) is 0.401. The van der Waals surface area contributed by atoms with Crippen molar-refractivity contribution in [2.75, 3.05) is 5.32 Å². The lowest BCUT2D eigenvalue weighted by Crippen LogP contribution is -2.27. The molecule has 0 aliphatic heterocycles. The first-order valence-corrected chi connectivity index (χ1v) is 8.09. The highest BCUT2D eigenvalue weighted by molar-refractivity contribution is 6.01. The Balaban J connectivity index is 1.75. The first kappa shape index (κ1) is 16.2. The minimum atomic E-state index is -0.550. The normalized spacial score (nSPS) is 15.1. The van der Waals surface area contributed by atoms with Gasteiger partial charge in [-0.25, -0.2) is 0 Å². The second kappa shape index (κ2) is 6.07. The summed E-state index contributed by atoms with van der Waals surface area (Å²) in [5, 5.41) is 13.7. The van der Waals surface area contributed by atoms with Gasteiger partial charge in [0, 0.05) is 17.8 Å². The van der Waals surface area contributed by atoms with Crippen molar-refractivity contribution < 1.29 is 9.72 Å². The second-order valence-corrected chi connectivity index (χ2v) is 6.62. The van der Waals surface area contributed by atoms with Gasteiger partial charge in [-0.1, -0.05) is 38.1 Å². The van der Waals surface area contributed by atoms with Crippen molar-refractivity contribution in [3.05, 3.63) is 69.8 Å². The third-order valence-electron chi connectivity index (χ3n) is 4.65. The molecule has 0 radical (unpaired) electrons. The van der Waals surface area contributed by atoms with E-state index in [0.29, 0.717) is 5.92 Å². The topological polar surface area (TPSA) is 72.2 Å². The van der Waals surface area contributed by atoms with E-state index in [1.165, 1.54) is 17.7 Å². The summed E-state index contributed by atoms with van der Waals surface area (Å²) in [7, 11) is 0. The zero-order chi connectivity index (χ0) is 17.3. The minimum Gasteiger partial charge on any atom is -0.325 e. The molecule has 1 fully saturated rings. The quantitative estimate of drug-likeness (QED) is 0.655. The fourth-order valence-electron chi connectivity index (χ4n) is 2.88. The zero-order valence-corrected chi connectivity index (χ0v) is 13.8. The summed E-state index contributed by atoms with van der Waals surface area (Å²) in [5.41, 5.74) is 2.33. The standard InChI is InChI=1S/C19H20N2O3/c1-13(2)14-3-7-16(8-4-14)20-18(22)19(11-12-19)15-5-9-17(10-6-15)21(23)24/h3-10,13H,11-12H2,1-2H3,(H,20,22). The Labute approximate surface area is 140 Å². The molecule has 1 N–H and O–H groups in total. The van der Waals surface area contributed by atoms with E-state index < -0.39 is 10.3 Å². The summed E-state index contributed by atoms with van der Waals surface area (Å²) >= 11 is 0. The van der Waals surface area contributed by atoms with Crippen LogP contribution in [-0.2, 0) is 10.2 Å². The molecule has 0 aromatic heterocycles. The van der Waals surface area contributed by atoms with Crippen molar-refractivity contribution in [1.82, 2.24) is 0 Å². The highest BCUT2D eigenvalue weighted by Gasteiger charge is 2.51. The van der Waals surface area contributed by atoms with Gasteiger partial charge < -0.3 is 5.32 Å². The highest BCUT2D eigenvalue weighted by Crippen LogP contribution is 2.49. The SMILES string of the molecule is CC(C)c1ccc(NC(=O)C2(c3ccc([N+](=O)[O-])cc3)CC2)cc1. The fraction of sp³-hybridized carbons (Fsp3) is 0.316. The van der Waals surface area contributed by atoms with Crippen LogP contribution in [-0.4, -0.2) is 10.8 Å². The summed E-state index contributed by atoms with van der Waals surface area (Å²) in [6.45, 7) is 4.25. The Hall–Kier alpha value is -2.69. The number of anilines is 1. The molecule has 0 heterocycles. The van der Waals surface area contributed by atoms with E-state index in [1.807, 2.05) is 24.3 Å². The molecule has 2 aromatic rings. The number of carbonyl (C=O) groups excluding carboxylic acids is 1. The van der Waals surface area contributed by atoms with E-state index in [4.69, 9.17) is 0 Å². The van der Waals surface area contributed by atoms with Gasteiger partial charge in [0.05, 0.1) is 10.3 Å². The number of rotatable bonds is 5. The first-order valence-electron chi connectivity index (χ1n) is 8.09. The van der Waals surface area contributed by atoms with Crippen molar-refractivity contribution in [1.29, 1.82) is 0 Å².